The van der Waals surface area contributed by atoms with Crippen molar-refractivity contribution >= 4 is 24.0 Å². The fraction of sp³-hybridized carbons (Fsp3) is 0.182. The summed E-state index contributed by atoms with van der Waals surface area (Å²) in [4.78, 5) is 10.0. The van der Waals surface area contributed by atoms with Crippen molar-refractivity contribution in [1.29, 1.82) is 0 Å². The molecule has 0 saturated carbocycles. The van der Waals surface area contributed by atoms with Gasteiger partial charge in [-0.3, -0.25) is 0 Å². The molecule has 0 N–H and O–H groups in total. The van der Waals surface area contributed by atoms with Crippen LogP contribution in [0.1, 0.15) is 17.5 Å². The second-order valence-electron chi connectivity index (χ2n) is 2.93. The number of rotatable bonds is 3. The molecule has 0 bridgehead atoms. The zero-order valence-electron chi connectivity index (χ0n) is 7.76. The first kappa shape index (κ1) is 10.9. The number of hydrogen-bond donors (Lipinski definition) is 0. The van der Waals surface area contributed by atoms with Gasteiger partial charge in [-0.15, -0.1) is 0 Å². The van der Waals surface area contributed by atoms with E-state index in [1.165, 1.54) is 6.07 Å². The van der Waals surface area contributed by atoms with Gasteiger partial charge in [0.05, 0.1) is 0 Å². The molecule has 0 aliphatic rings. The summed E-state index contributed by atoms with van der Waals surface area (Å²) in [5, 5.41) is 0.412. The van der Waals surface area contributed by atoms with E-state index in [4.69, 9.17) is 11.6 Å². The quantitative estimate of drug-likeness (QED) is 0.702. The van der Waals surface area contributed by atoms with Crippen molar-refractivity contribution in [3.63, 3.8) is 0 Å². The lowest BCUT2D eigenvalue weighted by Gasteiger charge is -2.01. The molecule has 0 amide bonds. The molecule has 14 heavy (non-hydrogen) atoms. The number of aryl methyl sites for hydroxylation is 1. The first-order valence-corrected chi connectivity index (χ1v) is 4.58. The fourth-order valence-electron chi connectivity index (χ4n) is 1.06. The second-order valence-corrected chi connectivity index (χ2v) is 3.33. The molecule has 1 aromatic carbocycles. The number of carbonyl (C=O) groups excluding carboxylic acids is 1. The van der Waals surface area contributed by atoms with Gasteiger partial charge in [0.2, 0.25) is 0 Å². The van der Waals surface area contributed by atoms with Crippen LogP contribution in [0.5, 0.6) is 0 Å². The maximum Gasteiger partial charge on any atom is 0.131 e. The summed E-state index contributed by atoms with van der Waals surface area (Å²) in [6.45, 7) is 1.80. The van der Waals surface area contributed by atoms with Crippen LogP contribution < -0.4 is 0 Å². The zero-order valence-corrected chi connectivity index (χ0v) is 8.51. The van der Waals surface area contributed by atoms with Crippen molar-refractivity contribution in [3.8, 4) is 0 Å². The van der Waals surface area contributed by atoms with Gasteiger partial charge in [0.15, 0.2) is 0 Å². The minimum absolute atomic E-state index is 0.293. The number of hydrogen-bond acceptors (Lipinski definition) is 1. The summed E-state index contributed by atoms with van der Waals surface area (Å²) in [6, 6.07) is 2.93. The Kier molecular flexibility index (Phi) is 3.84. The molecule has 0 spiro atoms. The van der Waals surface area contributed by atoms with Crippen molar-refractivity contribution in [2.45, 2.75) is 13.3 Å². The number of carbonyl (C=O) groups is 1. The van der Waals surface area contributed by atoms with Gasteiger partial charge in [-0.1, -0.05) is 23.8 Å². The molecule has 0 fully saturated rings. The van der Waals surface area contributed by atoms with Gasteiger partial charge in [0, 0.05) is 17.0 Å². The minimum atomic E-state index is -0.372. The average Bonchev–Trinajstić information content (AvgIpc) is 2.14. The van der Waals surface area contributed by atoms with Crippen LogP contribution in [0.3, 0.4) is 0 Å². The van der Waals surface area contributed by atoms with Crippen molar-refractivity contribution in [3.05, 3.63) is 40.2 Å². The standard InChI is InChI=1S/C11H10ClFO/c1-8-6-9(4-2-3-5-14)11(13)7-10(8)12/h2,4-7H,3H2,1H3. The third kappa shape index (κ3) is 2.67. The molecule has 0 aromatic heterocycles. The van der Waals surface area contributed by atoms with E-state index in [2.05, 4.69) is 0 Å². The molecule has 0 atom stereocenters. The molecule has 0 aliphatic heterocycles. The summed E-state index contributed by atoms with van der Waals surface area (Å²) in [5.41, 5.74) is 1.27. The Morgan fingerprint density at radius 1 is 1.50 bits per heavy atom. The third-order valence-corrected chi connectivity index (χ3v) is 2.21. The summed E-state index contributed by atoms with van der Waals surface area (Å²) in [5.74, 6) is -0.372. The lowest BCUT2D eigenvalue weighted by Crippen LogP contribution is -1.85. The summed E-state index contributed by atoms with van der Waals surface area (Å²) in [6.07, 6.45) is 4.24. The highest BCUT2D eigenvalue weighted by molar-refractivity contribution is 6.31. The van der Waals surface area contributed by atoms with Gasteiger partial charge in [-0.25, -0.2) is 4.39 Å². The van der Waals surface area contributed by atoms with Crippen LogP contribution in [-0.2, 0) is 4.79 Å². The van der Waals surface area contributed by atoms with Gasteiger partial charge >= 0.3 is 0 Å². The third-order valence-electron chi connectivity index (χ3n) is 1.81. The molecular formula is C11H10ClFO. The molecule has 0 radical (unpaired) electrons. The van der Waals surface area contributed by atoms with Crippen LogP contribution in [0.15, 0.2) is 18.2 Å². The monoisotopic (exact) mass is 212 g/mol. The Morgan fingerprint density at radius 3 is 2.86 bits per heavy atom. The van der Waals surface area contributed by atoms with Crippen LogP contribution in [0.25, 0.3) is 6.08 Å². The van der Waals surface area contributed by atoms with E-state index in [9.17, 15) is 9.18 Å². The summed E-state index contributed by atoms with van der Waals surface area (Å²) in [7, 11) is 0. The summed E-state index contributed by atoms with van der Waals surface area (Å²) < 4.78 is 13.2. The molecule has 1 nitrogen and oxygen atoms in total. The molecule has 0 heterocycles. The van der Waals surface area contributed by atoms with Crippen molar-refractivity contribution < 1.29 is 9.18 Å². The first-order chi connectivity index (χ1) is 6.65. The smallest absolute Gasteiger partial charge is 0.131 e. The van der Waals surface area contributed by atoms with Gasteiger partial charge in [-0.05, 0) is 24.6 Å². The van der Waals surface area contributed by atoms with Gasteiger partial charge < -0.3 is 4.79 Å². The first-order valence-electron chi connectivity index (χ1n) is 4.21. The van der Waals surface area contributed by atoms with Crippen molar-refractivity contribution in [2.75, 3.05) is 0 Å². The van der Waals surface area contributed by atoms with Crippen molar-refractivity contribution in [2.24, 2.45) is 0 Å². The Balaban J connectivity index is 2.97. The average molecular weight is 213 g/mol. The predicted octanol–water partition coefficient (Wildman–Crippen LogP) is 3.39. The molecule has 3 heteroatoms. The fourth-order valence-corrected chi connectivity index (χ4v) is 1.21. The topological polar surface area (TPSA) is 17.1 Å². The number of aldehydes is 1. The van der Waals surface area contributed by atoms with Gasteiger partial charge in [-0.2, -0.15) is 0 Å². The maximum atomic E-state index is 13.2. The van der Waals surface area contributed by atoms with Crippen molar-refractivity contribution in [1.82, 2.24) is 0 Å². The summed E-state index contributed by atoms with van der Waals surface area (Å²) >= 11 is 5.73. The van der Waals surface area contributed by atoms with Gasteiger partial charge in [0.1, 0.15) is 12.1 Å². The Bertz CT molecular complexity index is 372. The van der Waals surface area contributed by atoms with E-state index in [1.54, 1.807) is 25.1 Å². The highest BCUT2D eigenvalue weighted by Gasteiger charge is 2.02. The molecule has 1 aromatic rings. The highest BCUT2D eigenvalue weighted by atomic mass is 35.5. The lowest BCUT2D eigenvalue weighted by molar-refractivity contribution is -0.107. The maximum absolute atomic E-state index is 13.2. The lowest BCUT2D eigenvalue weighted by atomic mass is 10.1. The Hall–Kier alpha value is -1.15. The van der Waals surface area contributed by atoms with E-state index in [0.717, 1.165) is 11.8 Å². The molecular weight excluding hydrogens is 203 g/mol. The normalized spacial score (nSPS) is 10.8. The van der Waals surface area contributed by atoms with Crippen LogP contribution in [0.2, 0.25) is 5.02 Å². The molecule has 1 rings (SSSR count). The minimum Gasteiger partial charge on any atom is -0.303 e. The Morgan fingerprint density at radius 2 is 2.21 bits per heavy atom. The molecule has 74 valence electrons. The van der Waals surface area contributed by atoms with Crippen LogP contribution in [-0.4, -0.2) is 6.29 Å². The number of benzene rings is 1. The molecule has 0 unspecified atom stereocenters. The zero-order chi connectivity index (χ0) is 10.6. The molecule has 0 saturated heterocycles. The van der Waals surface area contributed by atoms with Gasteiger partial charge in [0.25, 0.3) is 0 Å². The SMILES string of the molecule is Cc1cc(C=CCC=O)c(F)cc1Cl. The van der Waals surface area contributed by atoms with Crippen LogP contribution in [0.4, 0.5) is 4.39 Å². The Labute approximate surface area is 87.2 Å². The van der Waals surface area contributed by atoms with E-state index < -0.39 is 0 Å². The van der Waals surface area contributed by atoms with Crippen LogP contribution >= 0.6 is 11.6 Å². The number of halogens is 2. The van der Waals surface area contributed by atoms with E-state index in [0.29, 0.717) is 17.0 Å². The highest BCUT2D eigenvalue weighted by Crippen LogP contribution is 2.20. The van der Waals surface area contributed by atoms with E-state index in [1.807, 2.05) is 0 Å². The largest absolute Gasteiger partial charge is 0.303 e. The number of allylic oxidation sites excluding steroid dienone is 1. The molecule has 0 aliphatic carbocycles. The van der Waals surface area contributed by atoms with E-state index in [-0.39, 0.29) is 5.82 Å². The van der Waals surface area contributed by atoms with Crippen LogP contribution in [0, 0.1) is 12.7 Å². The van der Waals surface area contributed by atoms with E-state index >= 15 is 0 Å². The second kappa shape index (κ2) is 4.91. The predicted molar refractivity (Wildman–Crippen MR) is 55.9 cm³/mol.